The molecule has 1 heterocycles. The van der Waals surface area contributed by atoms with Gasteiger partial charge in [0.15, 0.2) is 0 Å². The molecule has 0 radical (unpaired) electrons. The number of ether oxygens (including phenoxy) is 1. The number of halogens is 2. The lowest BCUT2D eigenvalue weighted by Crippen LogP contribution is -1.89. The molecule has 0 spiro atoms. The first kappa shape index (κ1) is 7.28. The van der Waals surface area contributed by atoms with Gasteiger partial charge in [0.25, 0.3) is 0 Å². The van der Waals surface area contributed by atoms with Gasteiger partial charge in [-0.25, -0.2) is 0 Å². The Kier molecular flexibility index (Phi) is 2.06. The van der Waals surface area contributed by atoms with Crippen molar-refractivity contribution < 1.29 is 9.13 Å². The molecule has 0 amide bonds. The molecule has 2 nitrogen and oxygen atoms in total. The van der Waals surface area contributed by atoms with E-state index in [1.165, 1.54) is 13.2 Å². The van der Waals surface area contributed by atoms with Crippen molar-refractivity contribution >= 4 is 11.6 Å². The quantitative estimate of drug-likeness (QED) is 0.587. The van der Waals surface area contributed by atoms with Crippen molar-refractivity contribution in [2.24, 2.45) is 0 Å². The third-order valence-corrected chi connectivity index (χ3v) is 1.16. The molecular weight excluding hydrogens is 157 g/mol. The maximum Gasteiger partial charge on any atom is 0.217 e. The lowest BCUT2D eigenvalue weighted by molar-refractivity contribution is 0.387. The molecule has 54 valence electrons. The van der Waals surface area contributed by atoms with Crippen LogP contribution in [0.4, 0.5) is 4.39 Å². The summed E-state index contributed by atoms with van der Waals surface area (Å²) < 4.78 is 17.0. The Bertz CT molecular complexity index is 221. The molecule has 0 saturated carbocycles. The number of rotatable bonds is 1. The topological polar surface area (TPSA) is 22.1 Å². The van der Waals surface area contributed by atoms with E-state index in [-0.39, 0.29) is 10.9 Å². The van der Waals surface area contributed by atoms with Crippen molar-refractivity contribution in [3.8, 4) is 5.88 Å². The van der Waals surface area contributed by atoms with E-state index in [2.05, 4.69) is 9.72 Å². The number of aromatic nitrogens is 1. The van der Waals surface area contributed by atoms with E-state index in [1.807, 2.05) is 0 Å². The van der Waals surface area contributed by atoms with Crippen LogP contribution in [-0.2, 0) is 0 Å². The third kappa shape index (κ3) is 1.57. The van der Waals surface area contributed by atoms with E-state index < -0.39 is 5.95 Å². The average molecular weight is 162 g/mol. The van der Waals surface area contributed by atoms with Crippen LogP contribution in [0.3, 0.4) is 0 Å². The van der Waals surface area contributed by atoms with Crippen LogP contribution in [0.25, 0.3) is 0 Å². The van der Waals surface area contributed by atoms with Gasteiger partial charge in [0, 0.05) is 12.1 Å². The minimum Gasteiger partial charge on any atom is -0.481 e. The van der Waals surface area contributed by atoms with Gasteiger partial charge in [-0.05, 0) is 0 Å². The van der Waals surface area contributed by atoms with Crippen LogP contribution in [0.15, 0.2) is 12.1 Å². The highest BCUT2D eigenvalue weighted by atomic mass is 35.5. The van der Waals surface area contributed by atoms with Gasteiger partial charge in [-0.3, -0.25) is 0 Å². The molecule has 0 unspecified atom stereocenters. The number of pyridine rings is 1. The Morgan fingerprint density at radius 3 is 2.80 bits per heavy atom. The van der Waals surface area contributed by atoms with Crippen LogP contribution >= 0.6 is 11.6 Å². The molecule has 1 aromatic rings. The largest absolute Gasteiger partial charge is 0.481 e. The summed E-state index contributed by atoms with van der Waals surface area (Å²) in [4.78, 5) is 3.38. The predicted octanol–water partition coefficient (Wildman–Crippen LogP) is 1.88. The standard InChI is InChI=1S/C6H5ClFNO/c1-10-6-3-4(7)2-5(8)9-6/h2-3H,1H3. The van der Waals surface area contributed by atoms with Crippen LogP contribution in [0.1, 0.15) is 0 Å². The molecule has 0 aliphatic carbocycles. The second-order valence-corrected chi connectivity index (χ2v) is 2.09. The van der Waals surface area contributed by atoms with Gasteiger partial charge in [0.2, 0.25) is 11.8 Å². The van der Waals surface area contributed by atoms with Gasteiger partial charge in [0.1, 0.15) is 0 Å². The van der Waals surface area contributed by atoms with Crippen LogP contribution in [-0.4, -0.2) is 12.1 Å². The van der Waals surface area contributed by atoms with Crippen molar-refractivity contribution in [1.29, 1.82) is 0 Å². The van der Waals surface area contributed by atoms with Crippen molar-refractivity contribution in [1.82, 2.24) is 4.98 Å². The fourth-order valence-corrected chi connectivity index (χ4v) is 0.731. The van der Waals surface area contributed by atoms with Crippen molar-refractivity contribution in [3.05, 3.63) is 23.1 Å². The molecule has 0 aliphatic rings. The average Bonchev–Trinajstić information content (AvgIpc) is 1.85. The minimum atomic E-state index is -0.635. The molecule has 0 aromatic carbocycles. The monoisotopic (exact) mass is 161 g/mol. The van der Waals surface area contributed by atoms with Gasteiger partial charge in [-0.2, -0.15) is 9.37 Å². The van der Waals surface area contributed by atoms with E-state index in [1.54, 1.807) is 0 Å². The number of methoxy groups -OCH3 is 1. The number of hydrogen-bond acceptors (Lipinski definition) is 2. The van der Waals surface area contributed by atoms with Crippen molar-refractivity contribution in [2.45, 2.75) is 0 Å². The molecule has 0 bridgehead atoms. The normalized spacial score (nSPS) is 9.50. The number of hydrogen-bond donors (Lipinski definition) is 0. The lowest BCUT2D eigenvalue weighted by Gasteiger charge is -1.97. The summed E-state index contributed by atoms with van der Waals surface area (Å²) in [6, 6.07) is 2.55. The zero-order valence-electron chi connectivity index (χ0n) is 5.27. The highest BCUT2D eigenvalue weighted by molar-refractivity contribution is 6.30. The molecule has 1 rings (SSSR count). The van der Waals surface area contributed by atoms with Crippen LogP contribution in [0, 0.1) is 5.95 Å². The summed E-state index contributed by atoms with van der Waals surface area (Å²) in [6.45, 7) is 0. The van der Waals surface area contributed by atoms with E-state index in [4.69, 9.17) is 11.6 Å². The van der Waals surface area contributed by atoms with Crippen molar-refractivity contribution in [3.63, 3.8) is 0 Å². The van der Waals surface area contributed by atoms with E-state index in [9.17, 15) is 4.39 Å². The second kappa shape index (κ2) is 2.84. The maximum absolute atomic E-state index is 12.3. The van der Waals surface area contributed by atoms with Gasteiger partial charge >= 0.3 is 0 Å². The molecule has 10 heavy (non-hydrogen) atoms. The lowest BCUT2D eigenvalue weighted by atomic mass is 10.5. The summed E-state index contributed by atoms with van der Waals surface area (Å²) >= 11 is 5.47. The summed E-state index contributed by atoms with van der Waals surface area (Å²) in [5.41, 5.74) is 0. The highest BCUT2D eigenvalue weighted by Gasteiger charge is 1.98. The minimum absolute atomic E-state index is 0.185. The predicted molar refractivity (Wildman–Crippen MR) is 35.8 cm³/mol. The van der Waals surface area contributed by atoms with Crippen LogP contribution in [0.2, 0.25) is 5.02 Å². The first-order valence-corrected chi connectivity index (χ1v) is 2.97. The summed E-state index contributed by atoms with van der Waals surface area (Å²) in [5.74, 6) is -0.450. The first-order valence-electron chi connectivity index (χ1n) is 2.59. The second-order valence-electron chi connectivity index (χ2n) is 1.65. The Morgan fingerprint density at radius 2 is 2.30 bits per heavy atom. The van der Waals surface area contributed by atoms with E-state index in [0.717, 1.165) is 6.07 Å². The summed E-state index contributed by atoms with van der Waals surface area (Å²) in [7, 11) is 1.40. The molecule has 0 fully saturated rings. The molecule has 0 saturated heterocycles. The molecule has 0 atom stereocenters. The Balaban J connectivity index is 3.06. The fourth-order valence-electron chi connectivity index (χ4n) is 0.548. The van der Waals surface area contributed by atoms with Crippen LogP contribution < -0.4 is 4.74 Å². The highest BCUT2D eigenvalue weighted by Crippen LogP contribution is 2.15. The molecule has 1 aromatic heterocycles. The fraction of sp³-hybridized carbons (Fsp3) is 0.167. The SMILES string of the molecule is COc1cc(Cl)cc(F)n1. The number of nitrogens with zero attached hydrogens (tertiary/aromatic N) is 1. The van der Waals surface area contributed by atoms with E-state index in [0.29, 0.717) is 0 Å². The zero-order valence-corrected chi connectivity index (χ0v) is 6.02. The van der Waals surface area contributed by atoms with E-state index >= 15 is 0 Å². The maximum atomic E-state index is 12.3. The van der Waals surface area contributed by atoms with Crippen molar-refractivity contribution in [2.75, 3.05) is 7.11 Å². The Morgan fingerprint density at radius 1 is 1.60 bits per heavy atom. The first-order chi connectivity index (χ1) is 4.72. The van der Waals surface area contributed by atoms with Gasteiger partial charge < -0.3 is 4.74 Å². The van der Waals surface area contributed by atoms with Crippen LogP contribution in [0.5, 0.6) is 5.88 Å². The Hall–Kier alpha value is -0.830. The zero-order chi connectivity index (χ0) is 7.56. The van der Waals surface area contributed by atoms with Gasteiger partial charge in [-0.1, -0.05) is 11.6 Å². The van der Waals surface area contributed by atoms with Gasteiger partial charge in [-0.15, -0.1) is 0 Å². The molecule has 0 aliphatic heterocycles. The smallest absolute Gasteiger partial charge is 0.217 e. The Labute approximate surface area is 62.6 Å². The molecule has 4 heteroatoms. The molecular formula is C6H5ClFNO. The summed E-state index contributed by atoms with van der Waals surface area (Å²) in [5, 5.41) is 0.282. The molecule has 0 N–H and O–H groups in total. The van der Waals surface area contributed by atoms with Gasteiger partial charge in [0.05, 0.1) is 12.1 Å². The summed E-state index contributed by atoms with van der Waals surface area (Å²) in [6.07, 6.45) is 0. The third-order valence-electron chi connectivity index (χ3n) is 0.944.